The Balaban J connectivity index is 1.79. The van der Waals surface area contributed by atoms with E-state index in [0.717, 1.165) is 22.7 Å². The molecule has 0 aliphatic heterocycles. The van der Waals surface area contributed by atoms with Gasteiger partial charge in [-0.25, -0.2) is 9.97 Å². The lowest BCUT2D eigenvalue weighted by Crippen LogP contribution is -2.23. The fourth-order valence-corrected chi connectivity index (χ4v) is 2.82. The number of hydrogen-bond donors (Lipinski definition) is 1. The van der Waals surface area contributed by atoms with E-state index in [1.807, 2.05) is 13.0 Å². The minimum absolute atomic E-state index is 0.111. The zero-order valence-corrected chi connectivity index (χ0v) is 16.8. The number of aromatic nitrogens is 4. The van der Waals surface area contributed by atoms with Crippen LogP contribution in [0.15, 0.2) is 42.9 Å². The van der Waals surface area contributed by atoms with Gasteiger partial charge in [0.1, 0.15) is 6.04 Å². The third-order valence-electron chi connectivity index (χ3n) is 4.64. The highest BCUT2D eigenvalue weighted by Gasteiger charge is 2.37. The third-order valence-corrected chi connectivity index (χ3v) is 4.64. The van der Waals surface area contributed by atoms with Crippen LogP contribution in [0.5, 0.6) is 0 Å². The summed E-state index contributed by atoms with van der Waals surface area (Å²) in [5.74, 6) is 0.0916. The van der Waals surface area contributed by atoms with Gasteiger partial charge in [0.2, 0.25) is 5.95 Å². The number of rotatable bonds is 7. The fourth-order valence-electron chi connectivity index (χ4n) is 2.82. The van der Waals surface area contributed by atoms with E-state index < -0.39 is 12.2 Å². The number of benzene rings is 1. The Kier molecular flexibility index (Phi) is 6.34. The molecule has 0 fully saturated rings. The van der Waals surface area contributed by atoms with Crippen LogP contribution in [0, 0.1) is 18.3 Å². The predicted octanol–water partition coefficient (Wildman–Crippen LogP) is 5.00. The van der Waals surface area contributed by atoms with Gasteiger partial charge in [0, 0.05) is 36.4 Å². The number of nitriles is 1. The number of ketones is 1. The Bertz CT molecular complexity index is 1120. The van der Waals surface area contributed by atoms with Crippen LogP contribution in [-0.4, -0.2) is 31.7 Å². The molecule has 0 aliphatic carbocycles. The molecule has 0 aliphatic rings. The van der Waals surface area contributed by atoms with Gasteiger partial charge in [-0.1, -0.05) is 24.3 Å². The minimum Gasteiger partial charge on any atom is -0.321 e. The van der Waals surface area contributed by atoms with Gasteiger partial charge in [-0.15, -0.1) is 0 Å². The molecule has 2 aromatic heterocycles. The monoisotopic (exact) mass is 428 g/mol. The van der Waals surface area contributed by atoms with Crippen LogP contribution in [0.3, 0.4) is 0 Å². The first-order valence-corrected chi connectivity index (χ1v) is 9.41. The summed E-state index contributed by atoms with van der Waals surface area (Å²) in [6, 6.07) is 7.04. The number of anilines is 2. The van der Waals surface area contributed by atoms with E-state index >= 15 is 0 Å². The average Bonchev–Trinajstić information content (AvgIpc) is 3.20. The smallest absolute Gasteiger partial charge is 0.321 e. The molecule has 0 radical (unpaired) electrons. The molecule has 160 valence electrons. The molecule has 7 nitrogen and oxygen atoms in total. The van der Waals surface area contributed by atoms with E-state index in [2.05, 4.69) is 20.4 Å². The number of hydrogen-bond acceptors (Lipinski definition) is 6. The van der Waals surface area contributed by atoms with Crippen molar-refractivity contribution < 1.29 is 18.0 Å². The highest BCUT2D eigenvalue weighted by molar-refractivity contribution is 5.96. The Morgan fingerprint density at radius 1 is 1.26 bits per heavy atom. The van der Waals surface area contributed by atoms with Gasteiger partial charge >= 0.3 is 6.18 Å². The number of alkyl halides is 3. The van der Waals surface area contributed by atoms with E-state index in [1.54, 1.807) is 30.5 Å². The molecule has 1 N–H and O–H groups in total. The highest BCUT2D eigenvalue weighted by atomic mass is 19.4. The van der Waals surface area contributed by atoms with Gasteiger partial charge in [0.05, 0.1) is 23.6 Å². The predicted molar refractivity (Wildman–Crippen MR) is 108 cm³/mol. The lowest BCUT2D eigenvalue weighted by atomic mass is 10.0. The summed E-state index contributed by atoms with van der Waals surface area (Å²) < 4.78 is 39.4. The summed E-state index contributed by atoms with van der Waals surface area (Å²) in [4.78, 5) is 20.7. The molecule has 3 aromatic rings. The van der Waals surface area contributed by atoms with E-state index in [1.165, 1.54) is 12.4 Å². The SMILES string of the molecule is Cc1cnc(Nc2cnn(C(C)C(F)(F)F)c2)nc1-c1ccc(C(=O)CCC#N)cc1. The number of carbonyl (C=O) groups excluding carboxylic acids is 1. The zero-order valence-electron chi connectivity index (χ0n) is 16.8. The van der Waals surface area contributed by atoms with Gasteiger partial charge < -0.3 is 5.32 Å². The quantitative estimate of drug-likeness (QED) is 0.532. The first kappa shape index (κ1) is 22.0. The van der Waals surface area contributed by atoms with Crippen LogP contribution >= 0.6 is 0 Å². The van der Waals surface area contributed by atoms with Crippen LogP contribution in [-0.2, 0) is 0 Å². The van der Waals surface area contributed by atoms with Crippen LogP contribution in [0.4, 0.5) is 24.8 Å². The molecular formula is C21H19F3N6O. The van der Waals surface area contributed by atoms with Crippen LogP contribution in [0.2, 0.25) is 0 Å². The first-order chi connectivity index (χ1) is 14.7. The van der Waals surface area contributed by atoms with Gasteiger partial charge in [-0.05, 0) is 19.4 Å². The van der Waals surface area contributed by atoms with Crippen molar-refractivity contribution in [1.29, 1.82) is 5.26 Å². The molecule has 1 unspecified atom stereocenters. The number of Topliss-reactive ketones (excluding diaryl/α,β-unsaturated/α-hetero) is 1. The normalized spacial score (nSPS) is 12.3. The van der Waals surface area contributed by atoms with Crippen molar-refractivity contribution in [2.75, 3.05) is 5.32 Å². The topological polar surface area (TPSA) is 96.5 Å². The van der Waals surface area contributed by atoms with E-state index in [4.69, 9.17) is 5.26 Å². The second-order valence-electron chi connectivity index (χ2n) is 6.94. The molecule has 0 amide bonds. The molecule has 2 heterocycles. The number of aryl methyl sites for hydroxylation is 1. The van der Waals surface area contributed by atoms with Gasteiger partial charge in [-0.2, -0.15) is 23.5 Å². The van der Waals surface area contributed by atoms with E-state index in [0.29, 0.717) is 16.9 Å². The molecule has 1 aromatic carbocycles. The summed E-state index contributed by atoms with van der Waals surface area (Å²) in [5, 5.41) is 15.2. The Morgan fingerprint density at radius 2 is 1.97 bits per heavy atom. The summed E-state index contributed by atoms with van der Waals surface area (Å²) in [7, 11) is 0. The maximum absolute atomic E-state index is 12.9. The van der Waals surface area contributed by atoms with Crippen molar-refractivity contribution in [1.82, 2.24) is 19.7 Å². The van der Waals surface area contributed by atoms with Gasteiger partial charge in [0.15, 0.2) is 5.78 Å². The van der Waals surface area contributed by atoms with Gasteiger partial charge in [0.25, 0.3) is 0 Å². The van der Waals surface area contributed by atoms with Crippen LogP contribution in [0.25, 0.3) is 11.3 Å². The number of nitrogens with one attached hydrogen (secondary N) is 1. The molecule has 0 spiro atoms. The number of carbonyl (C=O) groups is 1. The lowest BCUT2D eigenvalue weighted by Gasteiger charge is -2.15. The molecular weight excluding hydrogens is 409 g/mol. The summed E-state index contributed by atoms with van der Waals surface area (Å²) >= 11 is 0. The van der Waals surface area contributed by atoms with E-state index in [-0.39, 0.29) is 24.6 Å². The van der Waals surface area contributed by atoms with Gasteiger partial charge in [-0.3, -0.25) is 9.48 Å². The summed E-state index contributed by atoms with van der Waals surface area (Å²) in [6.45, 7) is 2.85. The number of nitrogens with zero attached hydrogens (tertiary/aromatic N) is 5. The molecule has 10 heteroatoms. The summed E-state index contributed by atoms with van der Waals surface area (Å²) in [5.41, 5.74) is 2.99. The Hall–Kier alpha value is -3.74. The zero-order chi connectivity index (χ0) is 22.6. The van der Waals surface area contributed by atoms with E-state index in [9.17, 15) is 18.0 Å². The molecule has 0 saturated carbocycles. The van der Waals surface area contributed by atoms with Crippen molar-refractivity contribution in [2.24, 2.45) is 0 Å². The molecule has 3 rings (SSSR count). The molecule has 31 heavy (non-hydrogen) atoms. The Labute approximate surface area is 176 Å². The average molecular weight is 428 g/mol. The van der Waals surface area contributed by atoms with Crippen molar-refractivity contribution in [3.63, 3.8) is 0 Å². The molecule has 0 saturated heterocycles. The third kappa shape index (κ3) is 5.25. The molecule has 1 atom stereocenters. The van der Waals surface area contributed by atoms with Crippen molar-refractivity contribution >= 4 is 17.4 Å². The van der Waals surface area contributed by atoms with Crippen LogP contribution in [0.1, 0.15) is 41.7 Å². The molecule has 0 bridgehead atoms. The van der Waals surface area contributed by atoms with Crippen molar-refractivity contribution in [3.05, 3.63) is 54.0 Å². The highest BCUT2D eigenvalue weighted by Crippen LogP contribution is 2.30. The number of halogens is 3. The minimum atomic E-state index is -4.40. The largest absolute Gasteiger partial charge is 0.410 e. The first-order valence-electron chi connectivity index (χ1n) is 9.41. The van der Waals surface area contributed by atoms with Crippen LogP contribution < -0.4 is 5.32 Å². The van der Waals surface area contributed by atoms with Crippen molar-refractivity contribution in [2.45, 2.75) is 38.9 Å². The second kappa shape index (κ2) is 8.95. The van der Waals surface area contributed by atoms with Crippen molar-refractivity contribution in [3.8, 4) is 17.3 Å². The lowest BCUT2D eigenvalue weighted by molar-refractivity contribution is -0.165. The second-order valence-corrected chi connectivity index (χ2v) is 6.94. The summed E-state index contributed by atoms with van der Waals surface area (Å²) in [6.07, 6.45) is 0.0316. The maximum Gasteiger partial charge on any atom is 0.410 e. The Morgan fingerprint density at radius 3 is 2.61 bits per heavy atom. The standard InChI is InChI=1S/C21H19F3N6O/c1-13-10-26-20(28-17-11-27-30(12-17)14(2)21(22,23)24)29-19(13)16-7-5-15(6-8-16)18(31)4-3-9-25/h5-8,10-12,14H,3-4H2,1-2H3,(H,26,28,29). The maximum atomic E-state index is 12.9. The fraction of sp³-hybridized carbons (Fsp3) is 0.286.